The third-order valence-corrected chi connectivity index (χ3v) is 4.27. The molecule has 0 aromatic carbocycles. The lowest BCUT2D eigenvalue weighted by Crippen LogP contribution is -2.30. The van der Waals surface area contributed by atoms with E-state index in [2.05, 4.69) is 56.4 Å². The predicted molar refractivity (Wildman–Crippen MR) is 92.0 cm³/mol. The highest BCUT2D eigenvalue weighted by atomic mass is 32.2. The van der Waals surface area contributed by atoms with Crippen LogP contribution in [0.5, 0.6) is 0 Å². The maximum absolute atomic E-state index is 4.84. The van der Waals surface area contributed by atoms with E-state index in [4.69, 9.17) is 4.98 Å². The Bertz CT molecular complexity index is 407. The summed E-state index contributed by atoms with van der Waals surface area (Å²) in [6, 6.07) is 4.93. The molecule has 0 bridgehead atoms. The van der Waals surface area contributed by atoms with Gasteiger partial charge in [0.05, 0.1) is 0 Å². The lowest BCUT2D eigenvalue weighted by Gasteiger charge is -2.27. The van der Waals surface area contributed by atoms with E-state index in [1.54, 1.807) is 0 Å². The van der Waals surface area contributed by atoms with Crippen molar-refractivity contribution in [3.63, 3.8) is 0 Å². The lowest BCUT2D eigenvalue weighted by molar-refractivity contribution is 0.657. The number of anilines is 1. The van der Waals surface area contributed by atoms with Crippen molar-refractivity contribution in [2.75, 3.05) is 31.0 Å². The van der Waals surface area contributed by atoms with Gasteiger partial charge in [-0.3, -0.25) is 0 Å². The molecule has 0 aliphatic rings. The summed E-state index contributed by atoms with van der Waals surface area (Å²) in [4.78, 5) is 7.14. The van der Waals surface area contributed by atoms with Crippen LogP contribution in [0.25, 0.3) is 0 Å². The number of nitrogens with one attached hydrogen (secondary N) is 1. The fourth-order valence-corrected chi connectivity index (χ4v) is 2.66. The van der Waals surface area contributed by atoms with Gasteiger partial charge in [-0.25, -0.2) is 4.98 Å². The molecule has 1 unspecified atom stereocenters. The first-order valence-corrected chi connectivity index (χ1v) is 8.76. The summed E-state index contributed by atoms with van der Waals surface area (Å²) < 4.78 is 0. The summed E-state index contributed by atoms with van der Waals surface area (Å²) in [6.45, 7) is 7.57. The fourth-order valence-electron chi connectivity index (χ4n) is 2.08. The molecule has 1 aromatic heterocycles. The number of pyridine rings is 1. The Morgan fingerprint density at radius 1 is 1.30 bits per heavy atom. The standard InChI is InChI=1S/C16H29N3S/c1-12(2)15-9-14(11-17-4)10-16(18-15)19(5)13(3)7-8-20-6/h9-10,12-13,17H,7-8,11H2,1-6H3. The van der Waals surface area contributed by atoms with Crippen molar-refractivity contribution in [1.82, 2.24) is 10.3 Å². The third-order valence-electron chi connectivity index (χ3n) is 3.63. The molecule has 0 aliphatic heterocycles. The summed E-state index contributed by atoms with van der Waals surface area (Å²) in [5.74, 6) is 2.74. The normalized spacial score (nSPS) is 12.8. The molecule has 20 heavy (non-hydrogen) atoms. The summed E-state index contributed by atoms with van der Waals surface area (Å²) in [5.41, 5.74) is 2.49. The van der Waals surface area contributed by atoms with Crippen molar-refractivity contribution in [2.24, 2.45) is 0 Å². The zero-order valence-corrected chi connectivity index (χ0v) is 14.5. The maximum atomic E-state index is 4.84. The van der Waals surface area contributed by atoms with Gasteiger partial charge in [0.2, 0.25) is 0 Å². The van der Waals surface area contributed by atoms with Crippen LogP contribution >= 0.6 is 11.8 Å². The largest absolute Gasteiger partial charge is 0.357 e. The maximum Gasteiger partial charge on any atom is 0.129 e. The van der Waals surface area contributed by atoms with Crippen molar-refractivity contribution >= 4 is 17.6 Å². The van der Waals surface area contributed by atoms with Gasteiger partial charge < -0.3 is 10.2 Å². The number of thioether (sulfide) groups is 1. The second-order valence-corrected chi connectivity index (χ2v) is 6.67. The van der Waals surface area contributed by atoms with Gasteiger partial charge in [-0.1, -0.05) is 13.8 Å². The average molecular weight is 295 g/mol. The zero-order chi connectivity index (χ0) is 15.1. The van der Waals surface area contributed by atoms with Crippen LogP contribution in [0.15, 0.2) is 12.1 Å². The fraction of sp³-hybridized carbons (Fsp3) is 0.688. The third kappa shape index (κ3) is 4.98. The summed E-state index contributed by atoms with van der Waals surface area (Å²) in [6.07, 6.45) is 3.35. The van der Waals surface area contributed by atoms with Gasteiger partial charge in [-0.15, -0.1) is 0 Å². The van der Waals surface area contributed by atoms with E-state index < -0.39 is 0 Å². The molecule has 1 heterocycles. The SMILES string of the molecule is CNCc1cc(C(C)C)nc(N(C)C(C)CCSC)c1. The van der Waals surface area contributed by atoms with Crippen LogP contribution in [-0.2, 0) is 6.54 Å². The lowest BCUT2D eigenvalue weighted by atomic mass is 10.1. The molecule has 0 aliphatic carbocycles. The molecule has 1 rings (SSSR count). The summed E-state index contributed by atoms with van der Waals surface area (Å²) >= 11 is 1.90. The second-order valence-electron chi connectivity index (χ2n) is 5.68. The number of aromatic nitrogens is 1. The molecule has 0 fully saturated rings. The van der Waals surface area contributed by atoms with Crippen molar-refractivity contribution in [2.45, 2.75) is 45.7 Å². The molecular formula is C16H29N3S. The van der Waals surface area contributed by atoms with Crippen LogP contribution < -0.4 is 10.2 Å². The Hall–Kier alpha value is -0.740. The number of nitrogens with zero attached hydrogens (tertiary/aromatic N) is 2. The molecule has 1 atom stereocenters. The molecule has 0 saturated carbocycles. The van der Waals surface area contributed by atoms with Gasteiger partial charge in [-0.05, 0) is 56.0 Å². The number of hydrogen-bond donors (Lipinski definition) is 1. The summed E-state index contributed by atoms with van der Waals surface area (Å²) in [5, 5.41) is 3.23. The van der Waals surface area contributed by atoms with Crippen LogP contribution in [0.2, 0.25) is 0 Å². The highest BCUT2D eigenvalue weighted by Gasteiger charge is 2.14. The molecule has 0 radical (unpaired) electrons. The molecule has 0 spiro atoms. The van der Waals surface area contributed by atoms with Gasteiger partial charge in [0.15, 0.2) is 0 Å². The Morgan fingerprint density at radius 2 is 2.00 bits per heavy atom. The molecule has 4 heteroatoms. The monoisotopic (exact) mass is 295 g/mol. The first-order chi connectivity index (χ1) is 9.49. The highest BCUT2D eigenvalue weighted by molar-refractivity contribution is 7.98. The van der Waals surface area contributed by atoms with Crippen LogP contribution in [-0.4, -0.2) is 37.1 Å². The average Bonchev–Trinajstić information content (AvgIpc) is 2.43. The molecule has 0 saturated heterocycles. The Kier molecular flexibility index (Phi) is 7.38. The molecule has 114 valence electrons. The zero-order valence-electron chi connectivity index (χ0n) is 13.7. The highest BCUT2D eigenvalue weighted by Crippen LogP contribution is 2.22. The van der Waals surface area contributed by atoms with E-state index in [1.807, 2.05) is 18.8 Å². The minimum atomic E-state index is 0.459. The van der Waals surface area contributed by atoms with Gasteiger partial charge >= 0.3 is 0 Å². The van der Waals surface area contributed by atoms with Gasteiger partial charge in [0.1, 0.15) is 5.82 Å². The van der Waals surface area contributed by atoms with E-state index in [0.717, 1.165) is 12.4 Å². The molecule has 1 aromatic rings. The molecular weight excluding hydrogens is 266 g/mol. The molecule has 3 nitrogen and oxygen atoms in total. The minimum absolute atomic E-state index is 0.459. The summed E-state index contributed by atoms with van der Waals surface area (Å²) in [7, 11) is 4.14. The quantitative estimate of drug-likeness (QED) is 0.794. The second kappa shape index (κ2) is 8.53. The van der Waals surface area contributed by atoms with Gasteiger partial charge in [0.25, 0.3) is 0 Å². The first-order valence-electron chi connectivity index (χ1n) is 7.36. The van der Waals surface area contributed by atoms with Gasteiger partial charge in [-0.2, -0.15) is 11.8 Å². The number of rotatable bonds is 8. The van der Waals surface area contributed by atoms with Crippen LogP contribution in [0, 0.1) is 0 Å². The van der Waals surface area contributed by atoms with Crippen LogP contribution in [0.4, 0.5) is 5.82 Å². The first kappa shape index (κ1) is 17.3. The Labute approximate surface area is 128 Å². The van der Waals surface area contributed by atoms with Crippen molar-refractivity contribution in [3.05, 3.63) is 23.4 Å². The van der Waals surface area contributed by atoms with Crippen molar-refractivity contribution in [3.8, 4) is 0 Å². The molecule has 0 amide bonds. The Morgan fingerprint density at radius 3 is 2.55 bits per heavy atom. The van der Waals surface area contributed by atoms with Crippen molar-refractivity contribution in [1.29, 1.82) is 0 Å². The minimum Gasteiger partial charge on any atom is -0.357 e. The molecule has 1 N–H and O–H groups in total. The van der Waals surface area contributed by atoms with E-state index in [0.29, 0.717) is 12.0 Å². The predicted octanol–water partition coefficient (Wildman–Crippen LogP) is 3.50. The van der Waals surface area contributed by atoms with E-state index in [1.165, 1.54) is 23.4 Å². The van der Waals surface area contributed by atoms with Crippen LogP contribution in [0.1, 0.15) is 44.4 Å². The number of hydrogen-bond acceptors (Lipinski definition) is 4. The van der Waals surface area contributed by atoms with Crippen LogP contribution in [0.3, 0.4) is 0 Å². The van der Waals surface area contributed by atoms with E-state index in [9.17, 15) is 0 Å². The smallest absolute Gasteiger partial charge is 0.129 e. The topological polar surface area (TPSA) is 28.2 Å². The van der Waals surface area contributed by atoms with Crippen molar-refractivity contribution < 1.29 is 0 Å². The van der Waals surface area contributed by atoms with E-state index >= 15 is 0 Å². The van der Waals surface area contributed by atoms with Gasteiger partial charge in [0, 0.05) is 25.3 Å². The Balaban J connectivity index is 2.96. The van der Waals surface area contributed by atoms with E-state index in [-0.39, 0.29) is 0 Å².